The number of ether oxygens (including phenoxy) is 3. The van der Waals surface area contributed by atoms with E-state index in [4.69, 9.17) is 14.2 Å². The summed E-state index contributed by atoms with van der Waals surface area (Å²) in [5.74, 6) is 0.268. The molecule has 0 aromatic heterocycles. The molecule has 0 spiro atoms. The molecule has 124 valence electrons. The lowest BCUT2D eigenvalue weighted by Gasteiger charge is -2.55. The van der Waals surface area contributed by atoms with Gasteiger partial charge >= 0.3 is 0 Å². The molecular weight excluding hydrogens is 284 g/mol. The fourth-order valence-electron chi connectivity index (χ4n) is 4.69. The third-order valence-corrected chi connectivity index (χ3v) is 5.99. The molecule has 1 aliphatic carbocycles. The zero-order valence-electron chi connectivity index (χ0n) is 13.4. The van der Waals surface area contributed by atoms with Crippen molar-refractivity contribution >= 4 is 0 Å². The largest absolute Gasteiger partial charge is 0.390 e. The van der Waals surface area contributed by atoms with Crippen LogP contribution in [0.25, 0.3) is 0 Å². The maximum Gasteiger partial charge on any atom is 0.183 e. The predicted octanol–water partition coefficient (Wildman–Crippen LogP) is -0.115. The first kappa shape index (κ1) is 15.1. The molecule has 1 saturated carbocycles. The average Bonchev–Trinajstić information content (AvgIpc) is 2.76. The minimum Gasteiger partial charge on any atom is -0.390 e. The van der Waals surface area contributed by atoms with Gasteiger partial charge < -0.3 is 24.2 Å². The second-order valence-corrected chi connectivity index (χ2v) is 7.18. The Morgan fingerprint density at radius 1 is 1.36 bits per heavy atom. The lowest BCUT2D eigenvalue weighted by atomic mass is 9.76. The molecule has 5 rings (SSSR count). The fraction of sp³-hybridized carbons (Fsp3) is 0.875. The Balaban J connectivity index is 1.60. The molecule has 6 atom stereocenters. The van der Waals surface area contributed by atoms with Crippen LogP contribution in [-0.4, -0.2) is 86.1 Å². The van der Waals surface area contributed by atoms with E-state index in [0.717, 1.165) is 38.3 Å². The van der Waals surface area contributed by atoms with Crippen LogP contribution in [0.5, 0.6) is 0 Å². The normalized spacial score (nSPS) is 49.0. The third-order valence-electron chi connectivity index (χ3n) is 5.99. The lowest BCUT2D eigenvalue weighted by Crippen LogP contribution is -2.67. The summed E-state index contributed by atoms with van der Waals surface area (Å²) in [5, 5.41) is 10.8. The molecule has 0 aromatic carbocycles. The van der Waals surface area contributed by atoms with Crippen LogP contribution >= 0.6 is 0 Å². The van der Waals surface area contributed by atoms with Crippen LogP contribution in [0.2, 0.25) is 0 Å². The summed E-state index contributed by atoms with van der Waals surface area (Å²) in [6.45, 7) is 9.01. The van der Waals surface area contributed by atoms with Gasteiger partial charge in [-0.3, -0.25) is 4.90 Å². The molecule has 5 unspecified atom stereocenters. The Morgan fingerprint density at radius 3 is 2.77 bits per heavy atom. The van der Waals surface area contributed by atoms with E-state index < -0.39 is 18.0 Å². The van der Waals surface area contributed by atoms with Crippen molar-refractivity contribution in [3.8, 4) is 0 Å². The first-order valence-electron chi connectivity index (χ1n) is 8.19. The maximum atomic E-state index is 10.8. The zero-order chi connectivity index (χ0) is 15.5. The van der Waals surface area contributed by atoms with Gasteiger partial charge in [-0.05, 0) is 25.0 Å². The molecule has 0 aromatic rings. The summed E-state index contributed by atoms with van der Waals surface area (Å²) >= 11 is 0. The van der Waals surface area contributed by atoms with Crippen LogP contribution in [0.4, 0.5) is 0 Å². The van der Waals surface area contributed by atoms with Gasteiger partial charge in [0.15, 0.2) is 12.6 Å². The molecule has 0 radical (unpaired) electrons. The van der Waals surface area contributed by atoms with Gasteiger partial charge in [0.25, 0.3) is 0 Å². The maximum absolute atomic E-state index is 10.8. The standard InChI is InChI=1S/C16H26N2O4/c1-10-11-8-12(19)16(9-18-6-4-17(2)5-7-18)13(11)15(20-3)21-14(10)22-16/h11-15,19H,1,4-9H2,2-3H3/t11?,12-,13?,14?,15?,16?/m1/s1. The van der Waals surface area contributed by atoms with Gasteiger partial charge in [-0.2, -0.15) is 0 Å². The highest BCUT2D eigenvalue weighted by Crippen LogP contribution is 2.58. The molecule has 0 amide bonds. The summed E-state index contributed by atoms with van der Waals surface area (Å²) < 4.78 is 17.6. The Kier molecular flexibility index (Phi) is 3.60. The Morgan fingerprint density at radius 2 is 2.09 bits per heavy atom. The average molecular weight is 310 g/mol. The Labute approximate surface area is 131 Å². The number of fused-ring (bicyclic) bond motifs is 1. The van der Waals surface area contributed by atoms with Crippen molar-refractivity contribution in [3.05, 3.63) is 12.2 Å². The van der Waals surface area contributed by atoms with Crippen LogP contribution in [-0.2, 0) is 14.2 Å². The highest BCUT2D eigenvalue weighted by molar-refractivity contribution is 5.25. The SMILES string of the molecule is C=C1C2OC(OC)C3C1C[C@@H](O)C3(CN1CCN(C)CC1)O2. The van der Waals surface area contributed by atoms with Crippen molar-refractivity contribution < 1.29 is 19.3 Å². The summed E-state index contributed by atoms with van der Waals surface area (Å²) in [5.41, 5.74) is 0.384. The molecule has 6 nitrogen and oxygen atoms in total. The van der Waals surface area contributed by atoms with Crippen LogP contribution in [0, 0.1) is 11.8 Å². The molecule has 5 aliphatic rings. The molecule has 5 fully saturated rings. The quantitative estimate of drug-likeness (QED) is 0.734. The van der Waals surface area contributed by atoms with Crippen LogP contribution < -0.4 is 0 Å². The number of rotatable bonds is 3. The molecule has 4 aliphatic heterocycles. The number of nitrogens with zero attached hydrogens (tertiary/aromatic N) is 2. The zero-order valence-corrected chi connectivity index (χ0v) is 13.4. The van der Waals surface area contributed by atoms with E-state index in [0.29, 0.717) is 6.42 Å². The highest BCUT2D eigenvalue weighted by atomic mass is 16.8. The molecule has 4 bridgehead atoms. The minimum atomic E-state index is -0.578. The van der Waals surface area contributed by atoms with Gasteiger partial charge in [-0.25, -0.2) is 0 Å². The van der Waals surface area contributed by atoms with Crippen molar-refractivity contribution in [1.29, 1.82) is 0 Å². The second-order valence-electron chi connectivity index (χ2n) is 7.18. The predicted molar refractivity (Wildman–Crippen MR) is 80.2 cm³/mol. The van der Waals surface area contributed by atoms with Gasteiger partial charge in [0.2, 0.25) is 0 Å². The van der Waals surface area contributed by atoms with E-state index in [1.807, 2.05) is 0 Å². The highest BCUT2D eigenvalue weighted by Gasteiger charge is 2.68. The molecule has 4 heterocycles. The number of aliphatic hydroxyl groups excluding tert-OH is 1. The number of piperazine rings is 1. The lowest BCUT2D eigenvalue weighted by molar-refractivity contribution is -0.375. The van der Waals surface area contributed by atoms with Gasteiger partial charge in [0.05, 0.1) is 6.10 Å². The van der Waals surface area contributed by atoms with Gasteiger partial charge in [-0.15, -0.1) is 0 Å². The topological polar surface area (TPSA) is 54.4 Å². The van der Waals surface area contributed by atoms with Crippen LogP contribution in [0.3, 0.4) is 0 Å². The number of likely N-dealkylation sites (N-methyl/N-ethyl adjacent to an activating group) is 1. The summed E-state index contributed by atoms with van der Waals surface area (Å²) in [6, 6.07) is 0. The van der Waals surface area contributed by atoms with Crippen LogP contribution in [0.15, 0.2) is 12.2 Å². The Hall–Kier alpha value is -0.500. The van der Waals surface area contributed by atoms with Gasteiger partial charge in [-0.1, -0.05) is 6.58 Å². The molecule has 1 N–H and O–H groups in total. The van der Waals surface area contributed by atoms with E-state index in [2.05, 4.69) is 23.4 Å². The summed E-state index contributed by atoms with van der Waals surface area (Å²) in [7, 11) is 3.82. The first-order chi connectivity index (χ1) is 10.5. The van der Waals surface area contributed by atoms with Crippen molar-refractivity contribution in [2.24, 2.45) is 11.8 Å². The van der Waals surface area contributed by atoms with Crippen molar-refractivity contribution in [1.82, 2.24) is 9.80 Å². The molecule has 4 saturated heterocycles. The van der Waals surface area contributed by atoms with Crippen molar-refractivity contribution in [3.63, 3.8) is 0 Å². The molecule has 22 heavy (non-hydrogen) atoms. The van der Waals surface area contributed by atoms with E-state index in [9.17, 15) is 5.11 Å². The van der Waals surface area contributed by atoms with Crippen LogP contribution in [0.1, 0.15) is 6.42 Å². The number of hydrogen-bond acceptors (Lipinski definition) is 6. The summed E-state index contributed by atoms with van der Waals surface area (Å²) in [6.07, 6.45) is -0.523. The van der Waals surface area contributed by atoms with Crippen molar-refractivity contribution in [2.45, 2.75) is 30.7 Å². The number of aliphatic hydroxyl groups is 1. The van der Waals surface area contributed by atoms with E-state index in [-0.39, 0.29) is 18.1 Å². The number of hydrogen-bond donors (Lipinski definition) is 1. The minimum absolute atomic E-state index is 0.0321. The van der Waals surface area contributed by atoms with E-state index in [1.54, 1.807) is 7.11 Å². The fourth-order valence-corrected chi connectivity index (χ4v) is 4.69. The summed E-state index contributed by atoms with van der Waals surface area (Å²) in [4.78, 5) is 4.74. The number of methoxy groups -OCH3 is 1. The second kappa shape index (κ2) is 5.26. The third kappa shape index (κ3) is 2.02. The van der Waals surface area contributed by atoms with Crippen molar-refractivity contribution in [2.75, 3.05) is 46.9 Å². The first-order valence-corrected chi connectivity index (χ1v) is 8.19. The van der Waals surface area contributed by atoms with E-state index in [1.165, 1.54) is 0 Å². The van der Waals surface area contributed by atoms with Gasteiger partial charge in [0, 0.05) is 45.8 Å². The van der Waals surface area contributed by atoms with E-state index >= 15 is 0 Å². The smallest absolute Gasteiger partial charge is 0.183 e. The Bertz CT molecular complexity index is 465. The molecular formula is C16H26N2O4. The molecule has 6 heteroatoms. The van der Waals surface area contributed by atoms with Gasteiger partial charge in [0.1, 0.15) is 5.60 Å². The monoisotopic (exact) mass is 310 g/mol.